The van der Waals surface area contributed by atoms with Crippen LogP contribution in [0.5, 0.6) is 0 Å². The Morgan fingerprint density at radius 3 is 3.00 bits per heavy atom. The van der Waals surface area contributed by atoms with Gasteiger partial charge >= 0.3 is 5.97 Å². The first-order chi connectivity index (χ1) is 9.24. The molecule has 1 heterocycles. The number of likely N-dealkylation sites (N-methyl/N-ethyl adjacent to an activating group) is 1. The van der Waals surface area contributed by atoms with Gasteiger partial charge in [0.25, 0.3) is 0 Å². The Balaban J connectivity index is 2.25. The third kappa shape index (κ3) is 3.23. The fourth-order valence-corrected chi connectivity index (χ4v) is 1.88. The molecule has 0 amide bonds. The fraction of sp³-hybridized carbons (Fsp3) is 0.267. The number of H-pyrrole nitrogens is 1. The first-order valence-electron chi connectivity index (χ1n) is 6.35. The van der Waals surface area contributed by atoms with Crippen LogP contribution in [0.2, 0.25) is 0 Å². The SMILES string of the molecule is CCOC(=O)c1cc2ccc(C=CCNC)cc2[nH]1. The summed E-state index contributed by atoms with van der Waals surface area (Å²) in [4.78, 5) is 14.7. The Hall–Kier alpha value is -2.07. The molecule has 1 aromatic carbocycles. The second kappa shape index (κ2) is 6.20. The second-order valence-electron chi connectivity index (χ2n) is 4.21. The van der Waals surface area contributed by atoms with E-state index in [1.54, 1.807) is 6.92 Å². The predicted octanol–water partition coefficient (Wildman–Crippen LogP) is 2.58. The number of aromatic nitrogens is 1. The van der Waals surface area contributed by atoms with Crippen molar-refractivity contribution in [1.29, 1.82) is 0 Å². The molecule has 0 saturated heterocycles. The summed E-state index contributed by atoms with van der Waals surface area (Å²) in [6, 6.07) is 7.85. The molecule has 0 bridgehead atoms. The van der Waals surface area contributed by atoms with Gasteiger partial charge in [0.2, 0.25) is 0 Å². The third-order valence-corrected chi connectivity index (χ3v) is 2.77. The van der Waals surface area contributed by atoms with Crippen molar-refractivity contribution in [2.75, 3.05) is 20.2 Å². The minimum absolute atomic E-state index is 0.314. The summed E-state index contributed by atoms with van der Waals surface area (Å²) in [5, 5.41) is 4.06. The smallest absolute Gasteiger partial charge is 0.354 e. The van der Waals surface area contributed by atoms with E-state index in [0.717, 1.165) is 23.0 Å². The van der Waals surface area contributed by atoms with Crippen molar-refractivity contribution in [3.05, 3.63) is 41.6 Å². The first-order valence-corrected chi connectivity index (χ1v) is 6.35. The van der Waals surface area contributed by atoms with Gasteiger partial charge in [-0.05, 0) is 31.7 Å². The van der Waals surface area contributed by atoms with Crippen LogP contribution in [0.3, 0.4) is 0 Å². The van der Waals surface area contributed by atoms with Gasteiger partial charge in [0.1, 0.15) is 5.69 Å². The summed E-state index contributed by atoms with van der Waals surface area (Å²) >= 11 is 0. The molecule has 4 nitrogen and oxygen atoms in total. The van der Waals surface area contributed by atoms with Gasteiger partial charge in [-0.1, -0.05) is 24.3 Å². The van der Waals surface area contributed by atoms with Crippen LogP contribution in [0.15, 0.2) is 30.3 Å². The lowest BCUT2D eigenvalue weighted by Crippen LogP contribution is -2.04. The van der Waals surface area contributed by atoms with E-state index in [1.165, 1.54) is 0 Å². The van der Waals surface area contributed by atoms with E-state index in [-0.39, 0.29) is 5.97 Å². The number of aromatic amines is 1. The van der Waals surface area contributed by atoms with Crippen LogP contribution in [0.25, 0.3) is 17.0 Å². The quantitative estimate of drug-likeness (QED) is 0.810. The highest BCUT2D eigenvalue weighted by molar-refractivity contribution is 5.95. The number of benzene rings is 1. The Labute approximate surface area is 112 Å². The number of hydrogen-bond donors (Lipinski definition) is 2. The zero-order valence-electron chi connectivity index (χ0n) is 11.2. The Morgan fingerprint density at radius 1 is 1.42 bits per heavy atom. The van der Waals surface area contributed by atoms with E-state index in [0.29, 0.717) is 12.3 Å². The number of rotatable bonds is 5. The Kier molecular flexibility index (Phi) is 4.36. The van der Waals surface area contributed by atoms with Crippen LogP contribution in [-0.2, 0) is 4.74 Å². The van der Waals surface area contributed by atoms with Crippen LogP contribution in [-0.4, -0.2) is 31.2 Å². The molecule has 0 fully saturated rings. The van der Waals surface area contributed by atoms with Crippen LogP contribution in [0.4, 0.5) is 0 Å². The predicted molar refractivity (Wildman–Crippen MR) is 77.2 cm³/mol. The minimum atomic E-state index is -0.314. The topological polar surface area (TPSA) is 54.1 Å². The lowest BCUT2D eigenvalue weighted by molar-refractivity contribution is 0.0520. The van der Waals surface area contributed by atoms with Gasteiger partial charge in [-0.15, -0.1) is 0 Å². The molecule has 0 spiro atoms. The van der Waals surface area contributed by atoms with E-state index in [9.17, 15) is 4.79 Å². The molecule has 0 aliphatic heterocycles. The lowest BCUT2D eigenvalue weighted by Gasteiger charge is -1.97. The van der Waals surface area contributed by atoms with Crippen molar-refractivity contribution in [2.24, 2.45) is 0 Å². The highest BCUT2D eigenvalue weighted by Crippen LogP contribution is 2.18. The van der Waals surface area contributed by atoms with E-state index >= 15 is 0 Å². The van der Waals surface area contributed by atoms with Crippen LogP contribution >= 0.6 is 0 Å². The van der Waals surface area contributed by atoms with Gasteiger partial charge in [0.15, 0.2) is 0 Å². The molecular weight excluding hydrogens is 240 g/mol. The average Bonchev–Trinajstić information content (AvgIpc) is 2.82. The Morgan fingerprint density at radius 2 is 2.26 bits per heavy atom. The van der Waals surface area contributed by atoms with Crippen molar-refractivity contribution >= 4 is 22.9 Å². The molecule has 2 rings (SSSR count). The molecule has 0 aliphatic rings. The van der Waals surface area contributed by atoms with Gasteiger partial charge in [-0.3, -0.25) is 0 Å². The van der Waals surface area contributed by atoms with E-state index in [4.69, 9.17) is 4.74 Å². The number of nitrogens with one attached hydrogen (secondary N) is 2. The van der Waals surface area contributed by atoms with Gasteiger partial charge < -0.3 is 15.0 Å². The van der Waals surface area contributed by atoms with Crippen LogP contribution in [0, 0.1) is 0 Å². The van der Waals surface area contributed by atoms with Crippen molar-refractivity contribution in [1.82, 2.24) is 10.3 Å². The molecule has 0 aliphatic carbocycles. The number of fused-ring (bicyclic) bond motifs is 1. The summed E-state index contributed by atoms with van der Waals surface area (Å²) in [5.74, 6) is -0.314. The minimum Gasteiger partial charge on any atom is -0.461 e. The summed E-state index contributed by atoms with van der Waals surface area (Å²) in [5.41, 5.74) is 2.53. The number of carbonyl (C=O) groups excluding carboxylic acids is 1. The van der Waals surface area contributed by atoms with Crippen molar-refractivity contribution < 1.29 is 9.53 Å². The molecular formula is C15H18N2O2. The van der Waals surface area contributed by atoms with E-state index in [1.807, 2.05) is 37.4 Å². The van der Waals surface area contributed by atoms with Crippen LogP contribution in [0.1, 0.15) is 23.0 Å². The average molecular weight is 258 g/mol. The van der Waals surface area contributed by atoms with Crippen molar-refractivity contribution in [3.63, 3.8) is 0 Å². The summed E-state index contributed by atoms with van der Waals surface area (Å²) in [6.45, 7) is 3.01. The number of ether oxygens (including phenoxy) is 1. The number of carbonyl (C=O) groups is 1. The maximum absolute atomic E-state index is 11.6. The monoisotopic (exact) mass is 258 g/mol. The molecule has 0 saturated carbocycles. The molecule has 0 atom stereocenters. The zero-order chi connectivity index (χ0) is 13.7. The van der Waals surface area contributed by atoms with Gasteiger partial charge in [-0.25, -0.2) is 4.79 Å². The standard InChI is InChI=1S/C15H18N2O2/c1-3-19-15(18)14-10-12-7-6-11(5-4-8-16-2)9-13(12)17-14/h4-7,9-10,16-17H,3,8H2,1-2H3. The summed E-state index contributed by atoms with van der Waals surface area (Å²) in [7, 11) is 1.91. The third-order valence-electron chi connectivity index (χ3n) is 2.77. The van der Waals surface area contributed by atoms with Crippen molar-refractivity contribution in [2.45, 2.75) is 6.92 Å². The maximum Gasteiger partial charge on any atom is 0.354 e. The summed E-state index contributed by atoms with van der Waals surface area (Å²) < 4.78 is 4.97. The highest BCUT2D eigenvalue weighted by Gasteiger charge is 2.09. The molecule has 0 radical (unpaired) electrons. The highest BCUT2D eigenvalue weighted by atomic mass is 16.5. The largest absolute Gasteiger partial charge is 0.461 e. The molecule has 19 heavy (non-hydrogen) atoms. The second-order valence-corrected chi connectivity index (χ2v) is 4.21. The maximum atomic E-state index is 11.6. The number of esters is 1. The molecule has 100 valence electrons. The normalized spacial score (nSPS) is 11.3. The lowest BCUT2D eigenvalue weighted by atomic mass is 10.1. The molecule has 1 aromatic heterocycles. The first kappa shape index (κ1) is 13.4. The zero-order valence-corrected chi connectivity index (χ0v) is 11.2. The molecule has 2 aromatic rings. The van der Waals surface area contributed by atoms with Crippen LogP contribution < -0.4 is 5.32 Å². The Bertz CT molecular complexity index is 599. The molecule has 0 unspecified atom stereocenters. The van der Waals surface area contributed by atoms with E-state index in [2.05, 4.69) is 16.4 Å². The van der Waals surface area contributed by atoms with Gasteiger partial charge in [0, 0.05) is 17.4 Å². The fourth-order valence-electron chi connectivity index (χ4n) is 1.88. The molecule has 2 N–H and O–H groups in total. The van der Waals surface area contributed by atoms with E-state index < -0.39 is 0 Å². The summed E-state index contributed by atoms with van der Waals surface area (Å²) in [6.07, 6.45) is 4.09. The molecule has 4 heteroatoms. The van der Waals surface area contributed by atoms with Gasteiger partial charge in [-0.2, -0.15) is 0 Å². The number of hydrogen-bond acceptors (Lipinski definition) is 3. The van der Waals surface area contributed by atoms with Gasteiger partial charge in [0.05, 0.1) is 6.61 Å². The van der Waals surface area contributed by atoms with Crippen molar-refractivity contribution in [3.8, 4) is 0 Å².